The van der Waals surface area contributed by atoms with Gasteiger partial charge in [0.2, 0.25) is 0 Å². The van der Waals surface area contributed by atoms with Gasteiger partial charge in [0.25, 0.3) is 0 Å². The first-order valence-corrected chi connectivity index (χ1v) is 5.36. The van der Waals surface area contributed by atoms with Gasteiger partial charge in [0.15, 0.2) is 6.10 Å². The van der Waals surface area contributed by atoms with Crippen LogP contribution in [-0.4, -0.2) is 23.9 Å². The van der Waals surface area contributed by atoms with E-state index < -0.39 is 12.1 Å². The highest BCUT2D eigenvalue weighted by Crippen LogP contribution is 2.14. The van der Waals surface area contributed by atoms with Crippen LogP contribution in [0.4, 0.5) is 0 Å². The predicted octanol–water partition coefficient (Wildman–Crippen LogP) is 2.01. The fraction of sp³-hybridized carbons (Fsp3) is 0.417. The van der Waals surface area contributed by atoms with E-state index in [1.807, 2.05) is 0 Å². The molecule has 0 saturated heterocycles. The number of rotatable bonds is 6. The molecule has 94 valence electrons. The normalized spacial score (nSPS) is 11.9. The quantitative estimate of drug-likeness (QED) is 0.468. The molecule has 0 radical (unpaired) electrons. The Morgan fingerprint density at radius 1 is 1.35 bits per heavy atom. The van der Waals surface area contributed by atoms with Crippen molar-refractivity contribution in [2.75, 3.05) is 6.61 Å². The molecule has 1 atom stereocenters. The van der Waals surface area contributed by atoms with Crippen LogP contribution in [0, 0.1) is 0 Å². The standard InChI is InChI=1S/C12H16O5/c1-3-15-12(13)9(2)17-11-6-4-10(5-7-11)8-16-14/h4-7,9,14H,3,8H2,1-2H3. The lowest BCUT2D eigenvalue weighted by Crippen LogP contribution is -2.26. The van der Waals surface area contributed by atoms with Crippen molar-refractivity contribution in [1.82, 2.24) is 0 Å². The van der Waals surface area contributed by atoms with Crippen LogP contribution in [0.1, 0.15) is 19.4 Å². The molecule has 0 aliphatic carbocycles. The lowest BCUT2D eigenvalue weighted by atomic mass is 10.2. The molecule has 0 spiro atoms. The molecule has 0 aliphatic heterocycles. The molecule has 5 heteroatoms. The molecule has 1 rings (SSSR count). The molecule has 0 amide bonds. The van der Waals surface area contributed by atoms with Crippen LogP contribution in [0.2, 0.25) is 0 Å². The lowest BCUT2D eigenvalue weighted by Gasteiger charge is -2.13. The summed E-state index contributed by atoms with van der Waals surface area (Å²) >= 11 is 0. The van der Waals surface area contributed by atoms with E-state index in [0.29, 0.717) is 12.4 Å². The Labute approximate surface area is 99.8 Å². The molecule has 0 aliphatic rings. The molecule has 0 aromatic heterocycles. The fourth-order valence-corrected chi connectivity index (χ4v) is 1.25. The summed E-state index contributed by atoms with van der Waals surface area (Å²) in [5, 5.41) is 8.27. The van der Waals surface area contributed by atoms with Crippen LogP contribution >= 0.6 is 0 Å². The summed E-state index contributed by atoms with van der Waals surface area (Å²) in [6, 6.07) is 6.88. The van der Waals surface area contributed by atoms with E-state index in [9.17, 15) is 4.79 Å². The molecule has 0 bridgehead atoms. The van der Waals surface area contributed by atoms with Crippen LogP contribution in [-0.2, 0) is 21.0 Å². The summed E-state index contributed by atoms with van der Waals surface area (Å²) in [6.45, 7) is 3.82. The lowest BCUT2D eigenvalue weighted by molar-refractivity contribution is -0.253. The minimum atomic E-state index is -0.644. The van der Waals surface area contributed by atoms with E-state index >= 15 is 0 Å². The number of carbonyl (C=O) groups excluding carboxylic acids is 1. The van der Waals surface area contributed by atoms with Crippen LogP contribution in [0.5, 0.6) is 5.75 Å². The Balaban J connectivity index is 2.53. The molecule has 5 nitrogen and oxygen atoms in total. The van der Waals surface area contributed by atoms with Crippen molar-refractivity contribution in [3.63, 3.8) is 0 Å². The Morgan fingerprint density at radius 3 is 2.53 bits per heavy atom. The number of benzene rings is 1. The van der Waals surface area contributed by atoms with Crippen LogP contribution in [0.3, 0.4) is 0 Å². The molecule has 1 N–H and O–H groups in total. The Kier molecular flexibility index (Phi) is 5.45. The molecule has 1 aromatic rings. The summed E-state index contributed by atoms with van der Waals surface area (Å²) in [5.74, 6) is 0.169. The first-order valence-electron chi connectivity index (χ1n) is 5.36. The third kappa shape index (κ3) is 4.42. The van der Waals surface area contributed by atoms with Crippen molar-refractivity contribution in [3.05, 3.63) is 29.8 Å². The Hall–Kier alpha value is -1.59. The maximum atomic E-state index is 11.3. The number of ether oxygens (including phenoxy) is 2. The topological polar surface area (TPSA) is 65.0 Å². The number of hydrogen-bond acceptors (Lipinski definition) is 5. The maximum absolute atomic E-state index is 11.3. The number of esters is 1. The zero-order valence-electron chi connectivity index (χ0n) is 9.88. The van der Waals surface area contributed by atoms with Gasteiger partial charge < -0.3 is 9.47 Å². The summed E-state index contributed by atoms with van der Waals surface area (Å²) in [7, 11) is 0. The van der Waals surface area contributed by atoms with E-state index in [-0.39, 0.29) is 6.61 Å². The van der Waals surface area contributed by atoms with Gasteiger partial charge in [0, 0.05) is 0 Å². The molecule has 0 saturated carbocycles. The summed E-state index contributed by atoms with van der Waals surface area (Å²) in [4.78, 5) is 15.3. The first-order chi connectivity index (χ1) is 8.17. The van der Waals surface area contributed by atoms with E-state index in [1.54, 1.807) is 38.1 Å². The second kappa shape index (κ2) is 6.88. The summed E-state index contributed by atoms with van der Waals surface area (Å²) in [5.41, 5.74) is 0.809. The van der Waals surface area contributed by atoms with Gasteiger partial charge in [0.05, 0.1) is 6.61 Å². The fourth-order valence-electron chi connectivity index (χ4n) is 1.25. The van der Waals surface area contributed by atoms with Crippen molar-refractivity contribution in [1.29, 1.82) is 0 Å². The van der Waals surface area contributed by atoms with Gasteiger partial charge in [-0.2, -0.15) is 0 Å². The minimum Gasteiger partial charge on any atom is -0.479 e. The predicted molar refractivity (Wildman–Crippen MR) is 60.6 cm³/mol. The third-order valence-electron chi connectivity index (χ3n) is 2.09. The molecule has 17 heavy (non-hydrogen) atoms. The monoisotopic (exact) mass is 240 g/mol. The van der Waals surface area contributed by atoms with Crippen molar-refractivity contribution in [2.24, 2.45) is 0 Å². The van der Waals surface area contributed by atoms with E-state index in [0.717, 1.165) is 5.56 Å². The zero-order valence-corrected chi connectivity index (χ0v) is 9.88. The van der Waals surface area contributed by atoms with Gasteiger partial charge in [-0.25, -0.2) is 9.68 Å². The van der Waals surface area contributed by atoms with Gasteiger partial charge in [-0.1, -0.05) is 12.1 Å². The smallest absolute Gasteiger partial charge is 0.347 e. The molecule has 0 heterocycles. The van der Waals surface area contributed by atoms with Crippen molar-refractivity contribution in [2.45, 2.75) is 26.6 Å². The molecule has 0 fully saturated rings. The summed E-state index contributed by atoms with van der Waals surface area (Å²) < 4.78 is 10.2. The third-order valence-corrected chi connectivity index (χ3v) is 2.09. The first kappa shape index (κ1) is 13.5. The average Bonchev–Trinajstić information content (AvgIpc) is 2.32. The van der Waals surface area contributed by atoms with Crippen molar-refractivity contribution < 1.29 is 24.4 Å². The second-order valence-corrected chi connectivity index (χ2v) is 3.43. The van der Waals surface area contributed by atoms with Gasteiger partial charge in [-0.15, -0.1) is 0 Å². The van der Waals surface area contributed by atoms with E-state index in [2.05, 4.69) is 4.89 Å². The van der Waals surface area contributed by atoms with Gasteiger partial charge in [-0.3, -0.25) is 5.26 Å². The van der Waals surface area contributed by atoms with Gasteiger partial charge in [-0.05, 0) is 31.5 Å². The number of hydrogen-bond donors (Lipinski definition) is 1. The highest BCUT2D eigenvalue weighted by atomic mass is 17.1. The highest BCUT2D eigenvalue weighted by molar-refractivity contribution is 5.74. The highest BCUT2D eigenvalue weighted by Gasteiger charge is 2.15. The average molecular weight is 240 g/mol. The molecular formula is C12H16O5. The van der Waals surface area contributed by atoms with Crippen molar-refractivity contribution >= 4 is 5.97 Å². The van der Waals surface area contributed by atoms with E-state index in [4.69, 9.17) is 14.7 Å². The molecular weight excluding hydrogens is 224 g/mol. The van der Waals surface area contributed by atoms with Crippen LogP contribution in [0.25, 0.3) is 0 Å². The zero-order chi connectivity index (χ0) is 12.7. The van der Waals surface area contributed by atoms with Crippen LogP contribution < -0.4 is 4.74 Å². The molecule has 1 unspecified atom stereocenters. The largest absolute Gasteiger partial charge is 0.479 e. The Bertz CT molecular complexity index is 346. The minimum absolute atomic E-state index is 0.119. The van der Waals surface area contributed by atoms with Gasteiger partial charge in [0.1, 0.15) is 12.4 Å². The second-order valence-electron chi connectivity index (χ2n) is 3.43. The van der Waals surface area contributed by atoms with Gasteiger partial charge >= 0.3 is 5.97 Å². The molecule has 1 aromatic carbocycles. The Morgan fingerprint density at radius 2 is 2.00 bits per heavy atom. The van der Waals surface area contributed by atoms with Crippen molar-refractivity contribution in [3.8, 4) is 5.75 Å². The number of carbonyl (C=O) groups is 1. The summed E-state index contributed by atoms with van der Waals surface area (Å²) in [6.07, 6.45) is -0.644. The van der Waals surface area contributed by atoms with Crippen LogP contribution in [0.15, 0.2) is 24.3 Å². The van der Waals surface area contributed by atoms with E-state index in [1.165, 1.54) is 0 Å². The maximum Gasteiger partial charge on any atom is 0.347 e. The SMILES string of the molecule is CCOC(=O)C(C)Oc1ccc(COO)cc1.